The Morgan fingerprint density at radius 3 is 1.21 bits per heavy atom. The van der Waals surface area contributed by atoms with E-state index in [1.54, 1.807) is 14.2 Å². The van der Waals surface area contributed by atoms with Crippen LogP contribution < -0.4 is 0 Å². The van der Waals surface area contributed by atoms with Crippen LogP contribution in [0.5, 0.6) is 0 Å². The summed E-state index contributed by atoms with van der Waals surface area (Å²) in [4.78, 5) is 0. The highest BCUT2D eigenvalue weighted by molar-refractivity contribution is 5.31. The maximum Gasteiger partial charge on any atom is 0.123 e. The highest BCUT2D eigenvalue weighted by Gasteiger charge is 2.11. The second-order valence-corrected chi connectivity index (χ2v) is 3.93. The van der Waals surface area contributed by atoms with Gasteiger partial charge in [-0.25, -0.2) is 0 Å². The molecule has 0 fully saturated rings. The molecule has 0 bridgehead atoms. The van der Waals surface area contributed by atoms with Gasteiger partial charge in [0.05, 0.1) is 0 Å². The first-order valence-corrected chi connectivity index (χ1v) is 4.47. The second kappa shape index (κ2) is 5.05. The lowest BCUT2D eigenvalue weighted by Gasteiger charge is -2.14. The third-order valence-electron chi connectivity index (χ3n) is 1.81. The highest BCUT2D eigenvalue weighted by atomic mass is 16.5. The molecule has 0 spiro atoms. The molecule has 78 valence electrons. The lowest BCUT2D eigenvalue weighted by Crippen LogP contribution is -2.19. The second-order valence-electron chi connectivity index (χ2n) is 3.93. The van der Waals surface area contributed by atoms with Crippen molar-refractivity contribution < 1.29 is 9.47 Å². The van der Waals surface area contributed by atoms with Crippen LogP contribution in [0.2, 0.25) is 0 Å². The minimum Gasteiger partial charge on any atom is -0.366 e. The summed E-state index contributed by atoms with van der Waals surface area (Å²) in [5, 5.41) is 0. The van der Waals surface area contributed by atoms with Crippen LogP contribution in [0.15, 0.2) is 0 Å². The molecule has 0 aliphatic heterocycles. The Bertz CT molecular complexity index is 260. The van der Waals surface area contributed by atoms with Crippen molar-refractivity contribution in [3.8, 4) is 23.7 Å². The van der Waals surface area contributed by atoms with Crippen LogP contribution in [0.4, 0.5) is 0 Å². The molecule has 0 unspecified atom stereocenters. The third kappa shape index (κ3) is 5.65. The van der Waals surface area contributed by atoms with E-state index in [-0.39, 0.29) is 0 Å². The summed E-state index contributed by atoms with van der Waals surface area (Å²) in [6, 6.07) is 0. The van der Waals surface area contributed by atoms with E-state index in [9.17, 15) is 0 Å². The van der Waals surface area contributed by atoms with Gasteiger partial charge >= 0.3 is 0 Å². The fourth-order valence-electron chi connectivity index (χ4n) is 0.466. The van der Waals surface area contributed by atoms with E-state index >= 15 is 0 Å². The van der Waals surface area contributed by atoms with E-state index in [1.807, 2.05) is 27.7 Å². The van der Waals surface area contributed by atoms with E-state index in [4.69, 9.17) is 9.47 Å². The number of ether oxygens (including phenoxy) is 2. The van der Waals surface area contributed by atoms with Crippen LogP contribution in [0, 0.1) is 23.7 Å². The molecular formula is C12H18O2. The first-order valence-electron chi connectivity index (χ1n) is 4.47. The molecular weight excluding hydrogens is 176 g/mol. The van der Waals surface area contributed by atoms with Gasteiger partial charge in [0.1, 0.15) is 11.2 Å². The third-order valence-corrected chi connectivity index (χ3v) is 1.81. The van der Waals surface area contributed by atoms with Gasteiger partial charge in [-0.3, -0.25) is 0 Å². The van der Waals surface area contributed by atoms with Gasteiger partial charge in [0, 0.05) is 14.2 Å². The fourth-order valence-corrected chi connectivity index (χ4v) is 0.466. The van der Waals surface area contributed by atoms with Gasteiger partial charge in [-0.15, -0.1) is 0 Å². The number of hydrogen-bond donors (Lipinski definition) is 0. The average Bonchev–Trinajstić information content (AvgIpc) is 2.13. The first kappa shape index (κ1) is 13.0. The van der Waals surface area contributed by atoms with E-state index in [2.05, 4.69) is 23.7 Å². The van der Waals surface area contributed by atoms with Crippen molar-refractivity contribution in [1.82, 2.24) is 0 Å². The van der Waals surface area contributed by atoms with Crippen LogP contribution in [0.25, 0.3) is 0 Å². The first-order chi connectivity index (χ1) is 6.33. The summed E-state index contributed by atoms with van der Waals surface area (Å²) in [5.74, 6) is 11.3. The molecule has 0 aromatic rings. The fraction of sp³-hybridized carbons (Fsp3) is 0.667. The molecule has 0 radical (unpaired) electrons. The number of hydrogen-bond acceptors (Lipinski definition) is 2. The van der Waals surface area contributed by atoms with Gasteiger partial charge in [0.2, 0.25) is 0 Å². The molecule has 0 N–H and O–H groups in total. The van der Waals surface area contributed by atoms with Crippen molar-refractivity contribution >= 4 is 0 Å². The summed E-state index contributed by atoms with van der Waals surface area (Å²) in [6.07, 6.45) is 0. The van der Waals surface area contributed by atoms with Crippen LogP contribution in [-0.2, 0) is 9.47 Å². The van der Waals surface area contributed by atoms with Gasteiger partial charge in [0.15, 0.2) is 0 Å². The van der Waals surface area contributed by atoms with Gasteiger partial charge < -0.3 is 9.47 Å². The highest BCUT2D eigenvalue weighted by Crippen LogP contribution is 2.05. The summed E-state index contributed by atoms with van der Waals surface area (Å²) in [7, 11) is 3.25. The smallest absolute Gasteiger partial charge is 0.123 e. The van der Waals surface area contributed by atoms with Crippen molar-refractivity contribution in [2.24, 2.45) is 0 Å². The topological polar surface area (TPSA) is 18.5 Å². The molecule has 0 aliphatic rings. The summed E-state index contributed by atoms with van der Waals surface area (Å²) in [6.45, 7) is 7.57. The Morgan fingerprint density at radius 2 is 1.00 bits per heavy atom. The normalized spacial score (nSPS) is 11.0. The molecule has 2 heteroatoms. The molecule has 0 aromatic carbocycles. The molecule has 0 saturated heterocycles. The predicted octanol–water partition coefficient (Wildman–Crippen LogP) is 1.84. The van der Waals surface area contributed by atoms with Gasteiger partial charge in [-0.05, 0) is 39.5 Å². The van der Waals surface area contributed by atoms with E-state index in [0.717, 1.165) is 0 Å². The monoisotopic (exact) mass is 194 g/mol. The van der Waals surface area contributed by atoms with Crippen molar-refractivity contribution in [3.05, 3.63) is 0 Å². The van der Waals surface area contributed by atoms with Crippen molar-refractivity contribution in [3.63, 3.8) is 0 Å². The zero-order valence-electron chi connectivity index (χ0n) is 9.82. The molecule has 0 aliphatic carbocycles. The Hall–Kier alpha value is -0.960. The van der Waals surface area contributed by atoms with E-state index in [1.165, 1.54) is 0 Å². The van der Waals surface area contributed by atoms with Crippen LogP contribution >= 0.6 is 0 Å². The molecule has 14 heavy (non-hydrogen) atoms. The molecule has 2 nitrogen and oxygen atoms in total. The maximum absolute atomic E-state index is 5.12. The maximum atomic E-state index is 5.12. The molecule has 0 amide bonds. The SMILES string of the molecule is COC(C)(C)C#CC#CC(C)(C)OC. The van der Waals surface area contributed by atoms with E-state index < -0.39 is 11.2 Å². The average molecular weight is 194 g/mol. The minimum absolute atomic E-state index is 0.439. The molecule has 0 saturated carbocycles. The van der Waals surface area contributed by atoms with Crippen molar-refractivity contribution in [2.45, 2.75) is 38.9 Å². The van der Waals surface area contributed by atoms with Gasteiger partial charge in [-0.2, -0.15) is 0 Å². The minimum atomic E-state index is -0.439. The van der Waals surface area contributed by atoms with Crippen molar-refractivity contribution in [2.75, 3.05) is 14.2 Å². The summed E-state index contributed by atoms with van der Waals surface area (Å²) >= 11 is 0. The molecule has 0 rings (SSSR count). The molecule has 0 aromatic heterocycles. The Morgan fingerprint density at radius 1 is 0.714 bits per heavy atom. The summed E-state index contributed by atoms with van der Waals surface area (Å²) in [5.41, 5.74) is -0.877. The molecule has 0 heterocycles. The number of rotatable bonds is 2. The zero-order valence-corrected chi connectivity index (χ0v) is 9.82. The lowest BCUT2D eigenvalue weighted by molar-refractivity contribution is 0.0735. The summed E-state index contributed by atoms with van der Waals surface area (Å²) < 4.78 is 10.2. The Kier molecular flexibility index (Phi) is 4.71. The Balaban J connectivity index is 4.43. The Labute approximate surface area is 87.0 Å². The predicted molar refractivity (Wildman–Crippen MR) is 57.7 cm³/mol. The standard InChI is InChI=1S/C12H18O2/c1-11(2,13-5)9-7-8-10-12(3,4)14-6/h1-6H3. The van der Waals surface area contributed by atoms with Crippen LogP contribution in [-0.4, -0.2) is 25.4 Å². The molecule has 0 atom stereocenters. The van der Waals surface area contributed by atoms with E-state index in [0.29, 0.717) is 0 Å². The van der Waals surface area contributed by atoms with Crippen LogP contribution in [0.3, 0.4) is 0 Å². The van der Waals surface area contributed by atoms with Gasteiger partial charge in [0.25, 0.3) is 0 Å². The van der Waals surface area contributed by atoms with Crippen molar-refractivity contribution in [1.29, 1.82) is 0 Å². The quantitative estimate of drug-likeness (QED) is 0.624. The largest absolute Gasteiger partial charge is 0.366 e. The lowest BCUT2D eigenvalue weighted by atomic mass is 10.1. The zero-order chi connectivity index (χ0) is 11.2. The van der Waals surface area contributed by atoms with Gasteiger partial charge in [-0.1, -0.05) is 11.8 Å². The number of methoxy groups -OCH3 is 2. The van der Waals surface area contributed by atoms with Crippen LogP contribution in [0.1, 0.15) is 27.7 Å².